The van der Waals surface area contributed by atoms with Crippen LogP contribution in [-0.4, -0.2) is 25.3 Å². The molecule has 1 rings (SSSR count). The van der Waals surface area contributed by atoms with Gasteiger partial charge in [0.2, 0.25) is 0 Å². The molecule has 0 aromatic heterocycles. The number of halogens is 2. The van der Waals surface area contributed by atoms with Crippen LogP contribution in [0.1, 0.15) is 32.8 Å². The molecule has 1 aromatic rings. The minimum Gasteiger partial charge on any atom is -0.374 e. The van der Waals surface area contributed by atoms with Crippen molar-refractivity contribution >= 4 is 11.6 Å². The monoisotopic (exact) mass is 287 g/mol. The van der Waals surface area contributed by atoms with Gasteiger partial charge in [0.25, 0.3) is 0 Å². The molecule has 2 unspecified atom stereocenters. The number of benzene rings is 1. The molecular weight excluding hydrogens is 265 g/mol. The van der Waals surface area contributed by atoms with Crippen LogP contribution in [0.4, 0.5) is 4.39 Å². The first-order chi connectivity index (χ1) is 8.96. The molecule has 0 spiro atoms. The van der Waals surface area contributed by atoms with E-state index in [2.05, 4.69) is 19.2 Å². The van der Waals surface area contributed by atoms with E-state index in [1.165, 1.54) is 6.07 Å². The highest BCUT2D eigenvalue weighted by molar-refractivity contribution is 6.30. The molecule has 0 bridgehead atoms. The Morgan fingerprint density at radius 1 is 1.42 bits per heavy atom. The van der Waals surface area contributed by atoms with Crippen molar-refractivity contribution in [1.82, 2.24) is 5.32 Å². The van der Waals surface area contributed by atoms with Crippen LogP contribution in [0.25, 0.3) is 0 Å². The SMILES string of the molecule is CCOC(C)(CC)C(Cc1ccc(Cl)c(F)c1)NC. The maximum absolute atomic E-state index is 13.5. The topological polar surface area (TPSA) is 21.3 Å². The Morgan fingerprint density at radius 3 is 2.58 bits per heavy atom. The molecule has 0 aliphatic rings. The van der Waals surface area contributed by atoms with Gasteiger partial charge in [0.1, 0.15) is 5.82 Å². The molecule has 1 aromatic carbocycles. The molecule has 0 radical (unpaired) electrons. The zero-order chi connectivity index (χ0) is 14.5. The lowest BCUT2D eigenvalue weighted by Gasteiger charge is -2.37. The molecule has 1 N–H and O–H groups in total. The number of hydrogen-bond acceptors (Lipinski definition) is 2. The molecule has 0 amide bonds. The van der Waals surface area contributed by atoms with Crippen LogP contribution in [0.3, 0.4) is 0 Å². The fraction of sp³-hybridized carbons (Fsp3) is 0.600. The zero-order valence-electron chi connectivity index (χ0n) is 12.1. The number of nitrogens with one attached hydrogen (secondary N) is 1. The van der Waals surface area contributed by atoms with E-state index < -0.39 is 0 Å². The summed E-state index contributed by atoms with van der Waals surface area (Å²) < 4.78 is 19.4. The van der Waals surface area contributed by atoms with Crippen molar-refractivity contribution in [3.05, 3.63) is 34.6 Å². The van der Waals surface area contributed by atoms with Gasteiger partial charge in [0, 0.05) is 12.6 Å². The third-order valence-corrected chi connectivity index (χ3v) is 3.99. The Balaban J connectivity index is 2.88. The van der Waals surface area contributed by atoms with Crippen molar-refractivity contribution in [2.24, 2.45) is 0 Å². The largest absolute Gasteiger partial charge is 0.374 e. The van der Waals surface area contributed by atoms with Crippen LogP contribution in [0.15, 0.2) is 18.2 Å². The van der Waals surface area contributed by atoms with E-state index in [9.17, 15) is 4.39 Å². The summed E-state index contributed by atoms with van der Waals surface area (Å²) in [5.74, 6) is -0.372. The van der Waals surface area contributed by atoms with Crippen LogP contribution in [-0.2, 0) is 11.2 Å². The molecule has 4 heteroatoms. The van der Waals surface area contributed by atoms with Crippen molar-refractivity contribution in [1.29, 1.82) is 0 Å². The summed E-state index contributed by atoms with van der Waals surface area (Å²) in [6, 6.07) is 5.08. The highest BCUT2D eigenvalue weighted by atomic mass is 35.5. The highest BCUT2D eigenvalue weighted by Gasteiger charge is 2.32. The van der Waals surface area contributed by atoms with Gasteiger partial charge in [0.05, 0.1) is 10.6 Å². The molecular formula is C15H23ClFNO. The fourth-order valence-electron chi connectivity index (χ4n) is 2.30. The van der Waals surface area contributed by atoms with Crippen LogP contribution < -0.4 is 5.32 Å². The lowest BCUT2D eigenvalue weighted by molar-refractivity contribution is -0.0534. The van der Waals surface area contributed by atoms with Crippen molar-refractivity contribution in [3.63, 3.8) is 0 Å². The molecule has 0 aliphatic heterocycles. The lowest BCUT2D eigenvalue weighted by Crippen LogP contribution is -2.50. The number of ether oxygens (including phenoxy) is 1. The van der Waals surface area contributed by atoms with E-state index >= 15 is 0 Å². The van der Waals surface area contributed by atoms with E-state index in [0.717, 1.165) is 12.0 Å². The summed E-state index contributed by atoms with van der Waals surface area (Å²) in [6.45, 7) is 6.84. The van der Waals surface area contributed by atoms with Crippen molar-refractivity contribution < 1.29 is 9.13 Å². The summed E-state index contributed by atoms with van der Waals surface area (Å²) >= 11 is 5.70. The van der Waals surface area contributed by atoms with Gasteiger partial charge in [-0.1, -0.05) is 24.6 Å². The molecule has 0 aliphatic carbocycles. The maximum Gasteiger partial charge on any atom is 0.142 e. The Labute approximate surface area is 120 Å². The lowest BCUT2D eigenvalue weighted by atomic mass is 9.88. The quantitative estimate of drug-likeness (QED) is 0.823. The van der Waals surface area contributed by atoms with Crippen LogP contribution in [0, 0.1) is 5.82 Å². The second-order valence-corrected chi connectivity index (χ2v) is 5.30. The first kappa shape index (κ1) is 16.4. The first-order valence-electron chi connectivity index (χ1n) is 6.72. The van der Waals surface area contributed by atoms with Crippen LogP contribution in [0.5, 0.6) is 0 Å². The average Bonchev–Trinajstić information content (AvgIpc) is 2.40. The van der Waals surface area contributed by atoms with Crippen molar-refractivity contribution in [3.8, 4) is 0 Å². The molecule has 19 heavy (non-hydrogen) atoms. The van der Waals surface area contributed by atoms with Gasteiger partial charge in [-0.3, -0.25) is 0 Å². The molecule has 0 saturated heterocycles. The Bertz CT molecular complexity index is 413. The van der Waals surface area contributed by atoms with Gasteiger partial charge in [-0.2, -0.15) is 0 Å². The average molecular weight is 288 g/mol. The molecule has 0 saturated carbocycles. The van der Waals surface area contributed by atoms with E-state index in [1.807, 2.05) is 20.0 Å². The van der Waals surface area contributed by atoms with Gasteiger partial charge >= 0.3 is 0 Å². The number of rotatable bonds is 7. The highest BCUT2D eigenvalue weighted by Crippen LogP contribution is 2.24. The number of hydrogen-bond donors (Lipinski definition) is 1. The van der Waals surface area contributed by atoms with E-state index in [1.54, 1.807) is 6.07 Å². The summed E-state index contributed by atoms with van der Waals surface area (Å²) in [6.07, 6.45) is 1.59. The first-order valence-corrected chi connectivity index (χ1v) is 7.09. The third kappa shape index (κ3) is 4.16. The molecule has 108 valence electrons. The van der Waals surface area contributed by atoms with E-state index in [4.69, 9.17) is 16.3 Å². The van der Waals surface area contributed by atoms with Gasteiger partial charge < -0.3 is 10.1 Å². The van der Waals surface area contributed by atoms with Crippen molar-refractivity contribution in [2.75, 3.05) is 13.7 Å². The minimum absolute atomic E-state index is 0.123. The summed E-state index contributed by atoms with van der Waals surface area (Å²) in [7, 11) is 1.91. The summed E-state index contributed by atoms with van der Waals surface area (Å²) in [5, 5.41) is 3.44. The normalized spacial score (nSPS) is 16.1. The predicted octanol–water partition coefficient (Wildman–Crippen LogP) is 3.81. The second kappa shape index (κ2) is 7.22. The Kier molecular flexibility index (Phi) is 6.24. The number of likely N-dealkylation sites (N-methyl/N-ethyl adjacent to an activating group) is 1. The summed E-state index contributed by atoms with van der Waals surface area (Å²) in [4.78, 5) is 0. The third-order valence-electron chi connectivity index (χ3n) is 3.69. The fourth-order valence-corrected chi connectivity index (χ4v) is 2.42. The molecule has 2 atom stereocenters. The van der Waals surface area contributed by atoms with Crippen molar-refractivity contribution in [2.45, 2.75) is 45.3 Å². The van der Waals surface area contributed by atoms with E-state index in [-0.39, 0.29) is 22.5 Å². The van der Waals surface area contributed by atoms with Gasteiger partial charge in [0.15, 0.2) is 0 Å². The standard InChI is InChI=1S/C15H23ClFNO/c1-5-15(3,19-6-2)14(18-4)10-11-7-8-12(16)13(17)9-11/h7-9,14,18H,5-6,10H2,1-4H3. The predicted molar refractivity (Wildman–Crippen MR) is 78.3 cm³/mol. The molecule has 0 heterocycles. The van der Waals surface area contributed by atoms with Gasteiger partial charge in [-0.15, -0.1) is 0 Å². The summed E-state index contributed by atoms with van der Waals surface area (Å²) in [5.41, 5.74) is 0.653. The Hall–Kier alpha value is -0.640. The zero-order valence-corrected chi connectivity index (χ0v) is 12.9. The minimum atomic E-state index is -0.372. The van der Waals surface area contributed by atoms with Crippen LogP contribution in [0.2, 0.25) is 5.02 Å². The Morgan fingerprint density at radius 2 is 2.11 bits per heavy atom. The molecule has 0 fully saturated rings. The van der Waals surface area contributed by atoms with Gasteiger partial charge in [-0.25, -0.2) is 4.39 Å². The smallest absolute Gasteiger partial charge is 0.142 e. The molecule has 2 nitrogen and oxygen atoms in total. The van der Waals surface area contributed by atoms with E-state index in [0.29, 0.717) is 13.0 Å². The van der Waals surface area contributed by atoms with Crippen LogP contribution >= 0.6 is 11.6 Å². The second-order valence-electron chi connectivity index (χ2n) is 4.89. The maximum atomic E-state index is 13.5. The van der Waals surface area contributed by atoms with Gasteiger partial charge in [-0.05, 0) is 51.4 Å².